The molecule has 0 unspecified atom stereocenters. The van der Waals surface area contributed by atoms with Gasteiger partial charge in [0.2, 0.25) is 5.91 Å². The zero-order valence-corrected chi connectivity index (χ0v) is 17.1. The minimum absolute atomic E-state index is 0.116. The summed E-state index contributed by atoms with van der Waals surface area (Å²) in [6.45, 7) is 2.85. The Balaban J connectivity index is 1.64. The van der Waals surface area contributed by atoms with Crippen molar-refractivity contribution < 1.29 is 4.79 Å². The van der Waals surface area contributed by atoms with Crippen LogP contribution in [-0.4, -0.2) is 31.0 Å². The van der Waals surface area contributed by atoms with E-state index in [4.69, 9.17) is 11.6 Å². The van der Waals surface area contributed by atoms with E-state index in [1.165, 1.54) is 11.8 Å². The van der Waals surface area contributed by atoms with Gasteiger partial charge < -0.3 is 14.5 Å². The zero-order chi connectivity index (χ0) is 20.1. The summed E-state index contributed by atoms with van der Waals surface area (Å²) in [6.07, 6.45) is 1.74. The van der Waals surface area contributed by atoms with Gasteiger partial charge in [-0.25, -0.2) is 0 Å². The van der Waals surface area contributed by atoms with Crippen molar-refractivity contribution in [3.8, 4) is 11.4 Å². The number of hydrogen-bond donors (Lipinski definition) is 1. The SMILES string of the molecule is CCn1cccc(-c2nnc(SCC(=O)NCc3ccccc3Cl)n2C)c1=O. The average Bonchev–Trinajstić information content (AvgIpc) is 3.06. The van der Waals surface area contributed by atoms with Crippen LogP contribution in [0.3, 0.4) is 0 Å². The smallest absolute Gasteiger partial charge is 0.261 e. The largest absolute Gasteiger partial charge is 0.351 e. The molecule has 0 radical (unpaired) electrons. The number of hydrogen-bond acceptors (Lipinski definition) is 5. The standard InChI is InChI=1S/C19H20ClN5O2S/c1-3-25-10-6-8-14(18(25)27)17-22-23-19(24(17)2)28-12-16(26)21-11-13-7-4-5-9-15(13)20/h4-10H,3,11-12H2,1-2H3,(H,21,26). The van der Waals surface area contributed by atoms with Crippen LogP contribution >= 0.6 is 23.4 Å². The van der Waals surface area contributed by atoms with Gasteiger partial charge in [0, 0.05) is 31.4 Å². The summed E-state index contributed by atoms with van der Waals surface area (Å²) in [7, 11) is 1.78. The zero-order valence-electron chi connectivity index (χ0n) is 15.6. The summed E-state index contributed by atoms with van der Waals surface area (Å²) < 4.78 is 3.34. The van der Waals surface area contributed by atoms with Crippen molar-refractivity contribution in [3.63, 3.8) is 0 Å². The van der Waals surface area contributed by atoms with Gasteiger partial charge in [0.15, 0.2) is 11.0 Å². The first-order valence-corrected chi connectivity index (χ1v) is 10.1. The highest BCUT2D eigenvalue weighted by Crippen LogP contribution is 2.20. The quantitative estimate of drug-likeness (QED) is 0.598. The number of pyridine rings is 1. The number of carbonyl (C=O) groups excluding carboxylic acids is 1. The van der Waals surface area contributed by atoms with E-state index < -0.39 is 0 Å². The Bertz CT molecular complexity index is 1050. The van der Waals surface area contributed by atoms with Crippen molar-refractivity contribution in [1.29, 1.82) is 0 Å². The van der Waals surface area contributed by atoms with Gasteiger partial charge in [-0.05, 0) is 30.7 Å². The molecule has 3 aromatic rings. The van der Waals surface area contributed by atoms with Gasteiger partial charge in [0.1, 0.15) is 0 Å². The van der Waals surface area contributed by atoms with E-state index in [9.17, 15) is 9.59 Å². The molecule has 1 N–H and O–H groups in total. The summed E-state index contributed by atoms with van der Waals surface area (Å²) in [4.78, 5) is 24.6. The second kappa shape index (κ2) is 9.07. The maximum Gasteiger partial charge on any atom is 0.261 e. The van der Waals surface area contributed by atoms with Crippen LogP contribution in [0, 0.1) is 0 Å². The molecule has 1 amide bonds. The van der Waals surface area contributed by atoms with Crippen molar-refractivity contribution in [2.75, 3.05) is 5.75 Å². The lowest BCUT2D eigenvalue weighted by Crippen LogP contribution is -2.24. The number of halogens is 1. The number of benzene rings is 1. The molecule has 0 saturated carbocycles. The molecule has 3 rings (SSSR count). The molecule has 0 atom stereocenters. The Morgan fingerprint density at radius 2 is 2.00 bits per heavy atom. The molecule has 0 aliphatic rings. The molecule has 2 aromatic heterocycles. The Kier molecular flexibility index (Phi) is 6.53. The third-order valence-corrected chi connectivity index (χ3v) is 5.59. The minimum Gasteiger partial charge on any atom is -0.351 e. The van der Waals surface area contributed by atoms with Crippen molar-refractivity contribution in [1.82, 2.24) is 24.6 Å². The van der Waals surface area contributed by atoms with Crippen LogP contribution in [0.4, 0.5) is 0 Å². The van der Waals surface area contributed by atoms with Crippen LogP contribution in [0.2, 0.25) is 5.02 Å². The third-order valence-electron chi connectivity index (χ3n) is 4.20. The lowest BCUT2D eigenvalue weighted by molar-refractivity contribution is -0.118. The number of nitrogens with zero attached hydrogens (tertiary/aromatic N) is 4. The van der Waals surface area contributed by atoms with Gasteiger partial charge in [0.05, 0.1) is 11.3 Å². The Labute approximate surface area is 171 Å². The monoisotopic (exact) mass is 417 g/mol. The van der Waals surface area contributed by atoms with Gasteiger partial charge in [-0.2, -0.15) is 0 Å². The highest BCUT2D eigenvalue weighted by Gasteiger charge is 2.16. The molecular weight excluding hydrogens is 398 g/mol. The first kappa shape index (κ1) is 20.2. The number of carbonyl (C=O) groups is 1. The van der Waals surface area contributed by atoms with Crippen LogP contribution in [0.1, 0.15) is 12.5 Å². The lowest BCUT2D eigenvalue weighted by atomic mass is 10.2. The number of aromatic nitrogens is 4. The molecule has 1 aromatic carbocycles. The van der Waals surface area contributed by atoms with E-state index in [0.29, 0.717) is 34.7 Å². The molecular formula is C19H20ClN5O2S. The fourth-order valence-electron chi connectivity index (χ4n) is 2.65. The molecule has 2 heterocycles. The van der Waals surface area contributed by atoms with E-state index in [1.807, 2.05) is 31.2 Å². The number of thioether (sulfide) groups is 1. The van der Waals surface area contributed by atoms with Crippen LogP contribution in [0.25, 0.3) is 11.4 Å². The van der Waals surface area contributed by atoms with E-state index in [1.54, 1.807) is 34.5 Å². The molecule has 146 valence electrons. The Hall–Kier alpha value is -2.58. The first-order chi connectivity index (χ1) is 13.5. The summed E-state index contributed by atoms with van der Waals surface area (Å²) >= 11 is 7.35. The van der Waals surface area contributed by atoms with Crippen LogP contribution in [-0.2, 0) is 24.9 Å². The van der Waals surface area contributed by atoms with Crippen LogP contribution in [0.15, 0.2) is 52.5 Å². The van der Waals surface area contributed by atoms with Gasteiger partial charge in [-0.3, -0.25) is 9.59 Å². The maximum absolute atomic E-state index is 12.5. The Morgan fingerprint density at radius 1 is 1.21 bits per heavy atom. The maximum atomic E-state index is 12.5. The van der Waals surface area contributed by atoms with E-state index in [-0.39, 0.29) is 17.2 Å². The summed E-state index contributed by atoms with van der Waals surface area (Å²) in [5.74, 6) is 0.527. The first-order valence-electron chi connectivity index (χ1n) is 8.73. The highest BCUT2D eigenvalue weighted by atomic mass is 35.5. The molecule has 9 heteroatoms. The fourth-order valence-corrected chi connectivity index (χ4v) is 3.59. The van der Waals surface area contributed by atoms with Crippen molar-refractivity contribution in [2.24, 2.45) is 7.05 Å². The number of rotatable bonds is 7. The molecule has 0 aliphatic heterocycles. The molecule has 7 nitrogen and oxygen atoms in total. The second-order valence-corrected chi connectivity index (χ2v) is 7.38. The van der Waals surface area contributed by atoms with Crippen molar-refractivity contribution >= 4 is 29.3 Å². The molecule has 0 bridgehead atoms. The van der Waals surface area contributed by atoms with Gasteiger partial charge in [-0.15, -0.1) is 10.2 Å². The van der Waals surface area contributed by atoms with Crippen LogP contribution < -0.4 is 10.9 Å². The molecule has 0 spiro atoms. The van der Waals surface area contributed by atoms with Crippen molar-refractivity contribution in [2.45, 2.75) is 25.2 Å². The van der Waals surface area contributed by atoms with E-state index >= 15 is 0 Å². The van der Waals surface area contributed by atoms with Gasteiger partial charge in [-0.1, -0.05) is 41.6 Å². The summed E-state index contributed by atoms with van der Waals surface area (Å²) in [6, 6.07) is 10.9. The number of aryl methyl sites for hydroxylation is 1. The van der Waals surface area contributed by atoms with Gasteiger partial charge in [0.25, 0.3) is 5.56 Å². The predicted molar refractivity (Wildman–Crippen MR) is 110 cm³/mol. The fraction of sp³-hybridized carbons (Fsp3) is 0.263. The third kappa shape index (κ3) is 4.45. The molecule has 0 fully saturated rings. The topological polar surface area (TPSA) is 81.8 Å². The summed E-state index contributed by atoms with van der Waals surface area (Å²) in [5.41, 5.74) is 1.23. The average molecular weight is 418 g/mol. The van der Waals surface area contributed by atoms with Crippen LogP contribution in [0.5, 0.6) is 0 Å². The van der Waals surface area contributed by atoms with Gasteiger partial charge >= 0.3 is 0 Å². The van der Waals surface area contributed by atoms with Crippen molar-refractivity contribution in [3.05, 3.63) is 63.5 Å². The normalized spacial score (nSPS) is 10.8. The van der Waals surface area contributed by atoms with E-state index in [0.717, 1.165) is 5.56 Å². The lowest BCUT2D eigenvalue weighted by Gasteiger charge is -2.07. The highest BCUT2D eigenvalue weighted by molar-refractivity contribution is 7.99. The minimum atomic E-state index is -0.137. The molecule has 0 saturated heterocycles. The van der Waals surface area contributed by atoms with E-state index in [2.05, 4.69) is 15.5 Å². The number of nitrogens with one attached hydrogen (secondary N) is 1. The second-order valence-electron chi connectivity index (χ2n) is 6.04. The Morgan fingerprint density at radius 3 is 2.75 bits per heavy atom. The molecule has 28 heavy (non-hydrogen) atoms. The predicted octanol–water partition coefficient (Wildman–Crippen LogP) is 2.73. The number of amides is 1. The summed E-state index contributed by atoms with van der Waals surface area (Å²) in [5, 5.41) is 12.3. The molecule has 0 aliphatic carbocycles.